The average molecular weight is 340 g/mol. The molecule has 2 heterocycles. The quantitative estimate of drug-likeness (QED) is 0.903. The lowest BCUT2D eigenvalue weighted by molar-refractivity contribution is -0.119. The second-order valence-corrected chi connectivity index (χ2v) is 7.81. The number of hydrogen-bond donors (Lipinski definition) is 1. The Hall–Kier alpha value is -1.65. The molecule has 1 atom stereocenters. The van der Waals surface area contributed by atoms with Gasteiger partial charge in [-0.15, -0.1) is 11.3 Å². The molecule has 24 heavy (non-hydrogen) atoms. The third-order valence-corrected chi connectivity index (χ3v) is 6.31. The highest BCUT2D eigenvalue weighted by Gasteiger charge is 2.35. The first-order chi connectivity index (χ1) is 11.8. The molecule has 2 aliphatic rings. The van der Waals surface area contributed by atoms with E-state index >= 15 is 0 Å². The summed E-state index contributed by atoms with van der Waals surface area (Å²) in [6, 6.07) is 12.9. The number of nitrogens with one attached hydrogen (secondary N) is 1. The van der Waals surface area contributed by atoms with Crippen molar-refractivity contribution in [3.8, 4) is 10.4 Å². The zero-order chi connectivity index (χ0) is 16.4. The molecule has 2 aromatic rings. The maximum Gasteiger partial charge on any atom is 0.241 e. The molecule has 1 saturated carbocycles. The predicted molar refractivity (Wildman–Crippen MR) is 100 cm³/mol. The summed E-state index contributed by atoms with van der Waals surface area (Å²) < 4.78 is 0. The van der Waals surface area contributed by atoms with Gasteiger partial charge in [0, 0.05) is 16.8 Å². The molecular formula is C20H24N2OS. The average Bonchev–Trinajstić information content (AvgIpc) is 3.13. The molecule has 126 valence electrons. The van der Waals surface area contributed by atoms with Crippen LogP contribution in [0, 0.1) is 5.92 Å². The van der Waals surface area contributed by atoms with Crippen molar-refractivity contribution in [1.29, 1.82) is 0 Å². The van der Waals surface area contributed by atoms with Crippen LogP contribution in [0.25, 0.3) is 10.4 Å². The molecule has 3 nitrogen and oxygen atoms in total. The van der Waals surface area contributed by atoms with Gasteiger partial charge < -0.3 is 10.2 Å². The first kappa shape index (κ1) is 15.9. The van der Waals surface area contributed by atoms with Crippen LogP contribution in [0.1, 0.15) is 32.1 Å². The van der Waals surface area contributed by atoms with E-state index in [1.54, 1.807) is 11.3 Å². The van der Waals surface area contributed by atoms with Crippen LogP contribution in [-0.4, -0.2) is 25.0 Å². The first-order valence-corrected chi connectivity index (χ1v) is 9.87. The number of nitrogens with zero attached hydrogens (tertiary/aromatic N) is 1. The highest BCUT2D eigenvalue weighted by atomic mass is 32.1. The Morgan fingerprint density at radius 2 is 1.88 bits per heavy atom. The van der Waals surface area contributed by atoms with Gasteiger partial charge in [-0.25, -0.2) is 0 Å². The third kappa shape index (κ3) is 3.13. The molecule has 0 bridgehead atoms. The van der Waals surface area contributed by atoms with Crippen LogP contribution in [0.3, 0.4) is 0 Å². The van der Waals surface area contributed by atoms with Crippen LogP contribution in [0.5, 0.6) is 0 Å². The summed E-state index contributed by atoms with van der Waals surface area (Å²) >= 11 is 1.73. The number of rotatable bonds is 3. The van der Waals surface area contributed by atoms with Crippen LogP contribution in [0.2, 0.25) is 0 Å². The predicted octanol–water partition coefficient (Wildman–Crippen LogP) is 4.30. The molecule has 1 amide bonds. The van der Waals surface area contributed by atoms with E-state index < -0.39 is 0 Å². The van der Waals surface area contributed by atoms with Gasteiger partial charge in [0.2, 0.25) is 5.91 Å². The first-order valence-electron chi connectivity index (χ1n) is 8.99. The second kappa shape index (κ2) is 7.08. The smallest absolute Gasteiger partial charge is 0.241 e. The van der Waals surface area contributed by atoms with Crippen LogP contribution in [0.15, 0.2) is 41.8 Å². The number of thiophene rings is 1. The summed E-state index contributed by atoms with van der Waals surface area (Å²) in [5.74, 6) is 0.852. The molecule has 0 radical (unpaired) electrons. The van der Waals surface area contributed by atoms with Gasteiger partial charge in [0.1, 0.15) is 0 Å². The number of carbonyl (C=O) groups excluding carboxylic acids is 1. The lowest BCUT2D eigenvalue weighted by Crippen LogP contribution is -2.58. The molecule has 2 fully saturated rings. The van der Waals surface area contributed by atoms with Gasteiger partial charge in [-0.1, -0.05) is 49.6 Å². The molecule has 1 aliphatic heterocycles. The standard InChI is InChI=1S/C20H24N2OS/c23-20-13-21-12-18(15-7-3-1-4-8-15)22(20)17-11-19(24-14-17)16-9-5-2-6-10-16/h2,5-6,9-11,14-15,18,21H,1,3-4,7-8,12-13H2. The fourth-order valence-electron chi connectivity index (χ4n) is 4.13. The summed E-state index contributed by atoms with van der Waals surface area (Å²) in [4.78, 5) is 16.0. The Morgan fingerprint density at radius 1 is 1.08 bits per heavy atom. The summed E-state index contributed by atoms with van der Waals surface area (Å²) in [5, 5.41) is 5.49. The van der Waals surface area contributed by atoms with Crippen molar-refractivity contribution in [2.24, 2.45) is 5.92 Å². The summed E-state index contributed by atoms with van der Waals surface area (Å²) in [6.45, 7) is 1.38. The monoisotopic (exact) mass is 340 g/mol. The second-order valence-electron chi connectivity index (χ2n) is 6.90. The fourth-order valence-corrected chi connectivity index (χ4v) is 5.02. The Labute approximate surface area is 147 Å². The van der Waals surface area contributed by atoms with Gasteiger partial charge >= 0.3 is 0 Å². The van der Waals surface area contributed by atoms with Crippen molar-refractivity contribution in [3.05, 3.63) is 41.8 Å². The minimum Gasteiger partial charge on any atom is -0.306 e. The van der Waals surface area contributed by atoms with Crippen LogP contribution in [0.4, 0.5) is 5.69 Å². The Kier molecular flexibility index (Phi) is 4.67. The number of hydrogen-bond acceptors (Lipinski definition) is 3. The van der Waals surface area contributed by atoms with Gasteiger partial charge in [-0.2, -0.15) is 0 Å². The number of benzene rings is 1. The fraction of sp³-hybridized carbons (Fsp3) is 0.450. The van der Waals surface area contributed by atoms with E-state index in [9.17, 15) is 4.79 Å². The van der Waals surface area contributed by atoms with E-state index in [1.807, 2.05) is 6.07 Å². The van der Waals surface area contributed by atoms with Gasteiger partial charge in [0.25, 0.3) is 0 Å². The minimum absolute atomic E-state index is 0.217. The summed E-state index contributed by atoms with van der Waals surface area (Å²) in [6.07, 6.45) is 6.48. The number of piperazine rings is 1. The molecule has 1 aromatic carbocycles. The minimum atomic E-state index is 0.217. The SMILES string of the molecule is O=C1CNCC(C2CCCCC2)N1c1csc(-c2ccccc2)c1. The normalized spacial score (nSPS) is 22.8. The maximum absolute atomic E-state index is 12.7. The number of carbonyl (C=O) groups is 1. The van der Waals surface area contributed by atoms with Gasteiger partial charge in [0.05, 0.1) is 18.3 Å². The van der Waals surface area contributed by atoms with E-state index in [0.29, 0.717) is 18.5 Å². The zero-order valence-electron chi connectivity index (χ0n) is 13.9. The van der Waals surface area contributed by atoms with Gasteiger partial charge in [0.15, 0.2) is 0 Å². The Bertz CT molecular complexity index is 691. The zero-order valence-corrected chi connectivity index (χ0v) is 14.7. The van der Waals surface area contributed by atoms with E-state index in [4.69, 9.17) is 0 Å². The molecule has 0 spiro atoms. The topological polar surface area (TPSA) is 32.3 Å². The van der Waals surface area contributed by atoms with E-state index in [2.05, 4.69) is 45.9 Å². The van der Waals surface area contributed by atoms with Gasteiger partial charge in [-0.3, -0.25) is 4.79 Å². The van der Waals surface area contributed by atoms with Crippen LogP contribution >= 0.6 is 11.3 Å². The highest BCUT2D eigenvalue weighted by Crippen LogP contribution is 2.36. The largest absolute Gasteiger partial charge is 0.306 e. The van der Waals surface area contributed by atoms with Crippen molar-refractivity contribution in [3.63, 3.8) is 0 Å². The van der Waals surface area contributed by atoms with Crippen LogP contribution < -0.4 is 10.2 Å². The lowest BCUT2D eigenvalue weighted by atomic mass is 9.82. The third-order valence-electron chi connectivity index (χ3n) is 5.35. The summed E-state index contributed by atoms with van der Waals surface area (Å²) in [5.41, 5.74) is 2.31. The lowest BCUT2D eigenvalue weighted by Gasteiger charge is -2.41. The molecule has 1 aliphatic carbocycles. The molecular weight excluding hydrogens is 316 g/mol. The maximum atomic E-state index is 12.7. The Balaban J connectivity index is 1.62. The molecule has 1 saturated heterocycles. The number of anilines is 1. The van der Waals surface area contributed by atoms with Crippen molar-refractivity contribution < 1.29 is 4.79 Å². The van der Waals surface area contributed by atoms with E-state index in [1.165, 1.54) is 42.5 Å². The van der Waals surface area contributed by atoms with E-state index in [0.717, 1.165) is 12.2 Å². The number of amides is 1. The molecule has 4 heteroatoms. The van der Waals surface area contributed by atoms with Crippen molar-refractivity contribution in [1.82, 2.24) is 5.32 Å². The van der Waals surface area contributed by atoms with E-state index in [-0.39, 0.29) is 5.91 Å². The highest BCUT2D eigenvalue weighted by molar-refractivity contribution is 7.14. The van der Waals surface area contributed by atoms with Gasteiger partial charge in [-0.05, 0) is 30.4 Å². The van der Waals surface area contributed by atoms with Crippen LogP contribution in [-0.2, 0) is 4.79 Å². The molecule has 1 aromatic heterocycles. The summed E-state index contributed by atoms with van der Waals surface area (Å²) in [7, 11) is 0. The molecule has 4 rings (SSSR count). The molecule has 1 unspecified atom stereocenters. The Morgan fingerprint density at radius 3 is 2.67 bits per heavy atom. The molecule has 1 N–H and O–H groups in total. The van der Waals surface area contributed by atoms with Crippen molar-refractivity contribution >= 4 is 22.9 Å². The van der Waals surface area contributed by atoms with Crippen molar-refractivity contribution in [2.45, 2.75) is 38.1 Å². The van der Waals surface area contributed by atoms with Crippen molar-refractivity contribution in [2.75, 3.05) is 18.0 Å².